The van der Waals surface area contributed by atoms with Crippen LogP contribution in [0.3, 0.4) is 0 Å². The molecule has 1 aromatic heterocycles. The molecule has 0 aliphatic rings. The summed E-state index contributed by atoms with van der Waals surface area (Å²) in [6, 6.07) is 14.8. The van der Waals surface area contributed by atoms with Gasteiger partial charge < -0.3 is 9.26 Å². The molecule has 3 rings (SSSR count). The third-order valence-corrected chi connectivity index (χ3v) is 3.21. The highest BCUT2D eigenvalue weighted by atomic mass is 19.1. The number of amides is 1. The van der Waals surface area contributed by atoms with E-state index >= 15 is 0 Å². The number of nitrogens with one attached hydrogen (secondary N) is 1. The standard InChI is InChI=1S/C18H14FN3O3/c19-14-6-7-16(15(10-14)17-8-9-21-25-17)24-12-18(23)22-20-11-13-4-2-1-3-5-13/h1-11H,12H2,(H,22,23)/b20-11-. The van der Waals surface area contributed by atoms with Gasteiger partial charge >= 0.3 is 0 Å². The Bertz CT molecular complexity index is 865. The lowest BCUT2D eigenvalue weighted by Gasteiger charge is -2.09. The number of halogens is 1. The van der Waals surface area contributed by atoms with E-state index in [1.807, 2.05) is 30.3 Å². The topological polar surface area (TPSA) is 76.7 Å². The van der Waals surface area contributed by atoms with Crippen LogP contribution in [0.1, 0.15) is 5.56 Å². The first-order valence-electron chi connectivity index (χ1n) is 7.43. The number of hydrogen-bond acceptors (Lipinski definition) is 5. The van der Waals surface area contributed by atoms with Gasteiger partial charge in [-0.15, -0.1) is 0 Å². The first kappa shape index (κ1) is 16.4. The van der Waals surface area contributed by atoms with E-state index in [0.717, 1.165) is 5.56 Å². The SMILES string of the molecule is O=C(COc1ccc(F)cc1-c1ccno1)N/N=C\c1ccccc1. The van der Waals surface area contributed by atoms with E-state index in [1.54, 1.807) is 6.07 Å². The molecule has 0 saturated heterocycles. The van der Waals surface area contributed by atoms with Crippen LogP contribution in [0, 0.1) is 5.82 Å². The van der Waals surface area contributed by atoms with Gasteiger partial charge in [0.15, 0.2) is 12.4 Å². The maximum absolute atomic E-state index is 13.4. The molecule has 0 bridgehead atoms. The maximum atomic E-state index is 13.4. The molecule has 0 aliphatic heterocycles. The lowest BCUT2D eigenvalue weighted by Crippen LogP contribution is -2.24. The maximum Gasteiger partial charge on any atom is 0.277 e. The predicted molar refractivity (Wildman–Crippen MR) is 89.6 cm³/mol. The summed E-state index contributed by atoms with van der Waals surface area (Å²) >= 11 is 0. The summed E-state index contributed by atoms with van der Waals surface area (Å²) in [5.41, 5.74) is 3.59. The van der Waals surface area contributed by atoms with Gasteiger partial charge in [-0.05, 0) is 23.8 Å². The Kier molecular flexibility index (Phi) is 5.16. The van der Waals surface area contributed by atoms with E-state index in [2.05, 4.69) is 15.7 Å². The number of carbonyl (C=O) groups excluding carboxylic acids is 1. The number of ether oxygens (including phenoxy) is 1. The van der Waals surface area contributed by atoms with Crippen molar-refractivity contribution >= 4 is 12.1 Å². The van der Waals surface area contributed by atoms with Crippen LogP contribution >= 0.6 is 0 Å². The normalized spacial score (nSPS) is 10.8. The number of aromatic nitrogens is 1. The Morgan fingerprint density at radius 2 is 2.08 bits per heavy atom. The molecular weight excluding hydrogens is 325 g/mol. The second-order valence-electron chi connectivity index (χ2n) is 5.01. The van der Waals surface area contributed by atoms with Crippen molar-refractivity contribution in [3.63, 3.8) is 0 Å². The van der Waals surface area contributed by atoms with Crippen LogP contribution in [0.25, 0.3) is 11.3 Å². The highest BCUT2D eigenvalue weighted by molar-refractivity contribution is 5.83. The van der Waals surface area contributed by atoms with Crippen LogP contribution in [0.15, 0.2) is 70.4 Å². The van der Waals surface area contributed by atoms with Gasteiger partial charge in [0.25, 0.3) is 5.91 Å². The molecule has 1 heterocycles. The molecule has 1 N–H and O–H groups in total. The number of rotatable bonds is 6. The van der Waals surface area contributed by atoms with E-state index < -0.39 is 11.7 Å². The summed E-state index contributed by atoms with van der Waals surface area (Å²) < 4.78 is 23.9. The van der Waals surface area contributed by atoms with E-state index in [0.29, 0.717) is 17.1 Å². The van der Waals surface area contributed by atoms with Crippen molar-refractivity contribution in [2.75, 3.05) is 6.61 Å². The van der Waals surface area contributed by atoms with Gasteiger partial charge in [0.05, 0.1) is 18.0 Å². The van der Waals surface area contributed by atoms with Crippen LogP contribution in [0.5, 0.6) is 5.75 Å². The molecule has 126 valence electrons. The van der Waals surface area contributed by atoms with Gasteiger partial charge in [-0.1, -0.05) is 35.5 Å². The monoisotopic (exact) mass is 339 g/mol. The number of nitrogens with zero attached hydrogens (tertiary/aromatic N) is 2. The van der Waals surface area contributed by atoms with Crippen LogP contribution in [-0.4, -0.2) is 23.9 Å². The quantitative estimate of drug-likeness (QED) is 0.553. The fourth-order valence-corrected chi connectivity index (χ4v) is 2.07. The second kappa shape index (κ2) is 7.87. The summed E-state index contributed by atoms with van der Waals surface area (Å²) in [6.45, 7) is -0.279. The van der Waals surface area contributed by atoms with E-state index in [4.69, 9.17) is 9.26 Å². The molecule has 3 aromatic rings. The van der Waals surface area contributed by atoms with Crippen LogP contribution < -0.4 is 10.2 Å². The van der Waals surface area contributed by atoms with Gasteiger partial charge in [-0.3, -0.25) is 4.79 Å². The fraction of sp³-hybridized carbons (Fsp3) is 0.0556. The Balaban J connectivity index is 1.60. The number of benzene rings is 2. The molecule has 0 atom stereocenters. The van der Waals surface area contributed by atoms with Crippen molar-refractivity contribution in [2.24, 2.45) is 5.10 Å². The Hall–Kier alpha value is -3.48. The van der Waals surface area contributed by atoms with Crippen LogP contribution in [-0.2, 0) is 4.79 Å². The molecule has 2 aromatic carbocycles. The number of hydrogen-bond donors (Lipinski definition) is 1. The minimum absolute atomic E-state index is 0.279. The number of carbonyl (C=O) groups is 1. The largest absolute Gasteiger partial charge is 0.483 e. The van der Waals surface area contributed by atoms with E-state index in [1.165, 1.54) is 30.6 Å². The second-order valence-corrected chi connectivity index (χ2v) is 5.01. The molecule has 0 fully saturated rings. The Morgan fingerprint density at radius 1 is 1.24 bits per heavy atom. The molecule has 0 spiro atoms. The molecule has 25 heavy (non-hydrogen) atoms. The van der Waals surface area contributed by atoms with Crippen molar-refractivity contribution in [3.05, 3.63) is 72.2 Å². The van der Waals surface area contributed by atoms with Gasteiger partial charge in [0, 0.05) is 6.07 Å². The van der Waals surface area contributed by atoms with Gasteiger partial charge in [0.2, 0.25) is 0 Å². The zero-order valence-corrected chi connectivity index (χ0v) is 13.1. The highest BCUT2D eigenvalue weighted by Gasteiger charge is 2.12. The molecular formula is C18H14FN3O3. The molecule has 0 saturated carbocycles. The zero-order valence-electron chi connectivity index (χ0n) is 13.1. The van der Waals surface area contributed by atoms with Gasteiger partial charge in [-0.25, -0.2) is 9.82 Å². The Labute approximate surface area is 142 Å². The lowest BCUT2D eigenvalue weighted by atomic mass is 10.1. The van der Waals surface area contributed by atoms with Gasteiger partial charge in [-0.2, -0.15) is 5.10 Å². The summed E-state index contributed by atoms with van der Waals surface area (Å²) in [6.07, 6.45) is 2.96. The zero-order chi connectivity index (χ0) is 17.5. The average Bonchev–Trinajstić information content (AvgIpc) is 3.16. The minimum Gasteiger partial charge on any atom is -0.483 e. The van der Waals surface area contributed by atoms with Crippen molar-refractivity contribution in [2.45, 2.75) is 0 Å². The van der Waals surface area contributed by atoms with Crippen LogP contribution in [0.2, 0.25) is 0 Å². The average molecular weight is 339 g/mol. The summed E-state index contributed by atoms with van der Waals surface area (Å²) in [5, 5.41) is 7.43. The lowest BCUT2D eigenvalue weighted by molar-refractivity contribution is -0.123. The molecule has 1 amide bonds. The molecule has 0 radical (unpaired) electrons. The summed E-state index contributed by atoms with van der Waals surface area (Å²) in [4.78, 5) is 11.8. The molecule has 0 unspecified atom stereocenters. The van der Waals surface area contributed by atoms with Crippen molar-refractivity contribution < 1.29 is 18.4 Å². The highest BCUT2D eigenvalue weighted by Crippen LogP contribution is 2.30. The van der Waals surface area contributed by atoms with Crippen molar-refractivity contribution in [1.82, 2.24) is 10.6 Å². The first-order valence-corrected chi connectivity index (χ1v) is 7.43. The number of hydrazone groups is 1. The predicted octanol–water partition coefficient (Wildman–Crippen LogP) is 3.01. The molecule has 7 heteroatoms. The minimum atomic E-state index is -0.448. The van der Waals surface area contributed by atoms with E-state index in [-0.39, 0.29) is 6.61 Å². The van der Waals surface area contributed by atoms with Crippen molar-refractivity contribution in [3.8, 4) is 17.1 Å². The third kappa shape index (κ3) is 4.51. The van der Waals surface area contributed by atoms with Crippen molar-refractivity contribution in [1.29, 1.82) is 0 Å². The fourth-order valence-electron chi connectivity index (χ4n) is 2.07. The van der Waals surface area contributed by atoms with E-state index in [9.17, 15) is 9.18 Å². The van der Waals surface area contributed by atoms with Crippen LogP contribution in [0.4, 0.5) is 4.39 Å². The van der Waals surface area contributed by atoms with Gasteiger partial charge in [0.1, 0.15) is 11.6 Å². The summed E-state index contributed by atoms with van der Waals surface area (Å²) in [7, 11) is 0. The first-order chi connectivity index (χ1) is 12.2. The molecule has 6 nitrogen and oxygen atoms in total. The smallest absolute Gasteiger partial charge is 0.277 e. The Morgan fingerprint density at radius 3 is 2.84 bits per heavy atom. The summed E-state index contributed by atoms with van der Waals surface area (Å²) in [5.74, 6) is -0.243. The third-order valence-electron chi connectivity index (χ3n) is 3.21. The molecule has 0 aliphatic carbocycles.